The number of anilines is 1. The van der Waals surface area contributed by atoms with Crippen LogP contribution in [0.2, 0.25) is 0 Å². The molecule has 0 aliphatic rings. The molecule has 5 heteroatoms. The van der Waals surface area contributed by atoms with Gasteiger partial charge in [-0.15, -0.1) is 0 Å². The van der Waals surface area contributed by atoms with Crippen molar-refractivity contribution in [1.29, 1.82) is 0 Å². The van der Waals surface area contributed by atoms with Crippen molar-refractivity contribution >= 4 is 28.4 Å². The van der Waals surface area contributed by atoms with Gasteiger partial charge in [-0.2, -0.15) is 0 Å². The van der Waals surface area contributed by atoms with Crippen molar-refractivity contribution in [3.05, 3.63) is 36.5 Å². The Balaban J connectivity index is 2.17. The van der Waals surface area contributed by atoms with Gasteiger partial charge in [-0.3, -0.25) is 14.6 Å². The van der Waals surface area contributed by atoms with E-state index in [1.807, 2.05) is 44.2 Å². The van der Waals surface area contributed by atoms with Gasteiger partial charge in [0.2, 0.25) is 11.8 Å². The van der Waals surface area contributed by atoms with Gasteiger partial charge in [-0.05, 0) is 18.1 Å². The van der Waals surface area contributed by atoms with E-state index in [0.717, 1.165) is 10.9 Å². The Kier molecular flexibility index (Phi) is 4.52. The molecule has 1 aromatic heterocycles. The summed E-state index contributed by atoms with van der Waals surface area (Å²) in [6.45, 7) is 5.18. The number of benzene rings is 1. The summed E-state index contributed by atoms with van der Waals surface area (Å²) in [5.41, 5.74) is 1.49. The van der Waals surface area contributed by atoms with Crippen molar-refractivity contribution in [2.75, 3.05) is 5.32 Å². The normalized spacial score (nSPS) is 12.2. The topological polar surface area (TPSA) is 71.1 Å². The number of para-hydroxylation sites is 1. The number of nitrogens with one attached hydrogen (secondary N) is 2. The lowest BCUT2D eigenvalue weighted by atomic mass is 10.0. The SMILES string of the molecule is CC(=O)NC(C(=O)Nc1cnc2ccccc2c1)C(C)C. The summed E-state index contributed by atoms with van der Waals surface area (Å²) >= 11 is 0. The fourth-order valence-corrected chi connectivity index (χ4v) is 2.11. The largest absolute Gasteiger partial charge is 0.344 e. The Morgan fingerprint density at radius 3 is 2.57 bits per heavy atom. The van der Waals surface area contributed by atoms with Crippen LogP contribution in [0.1, 0.15) is 20.8 Å². The lowest BCUT2D eigenvalue weighted by molar-refractivity contribution is -0.126. The zero-order chi connectivity index (χ0) is 15.4. The highest BCUT2D eigenvalue weighted by atomic mass is 16.2. The van der Waals surface area contributed by atoms with Crippen molar-refractivity contribution in [2.24, 2.45) is 5.92 Å². The summed E-state index contributed by atoms with van der Waals surface area (Å²) in [6.07, 6.45) is 1.62. The summed E-state index contributed by atoms with van der Waals surface area (Å²) < 4.78 is 0. The first kappa shape index (κ1) is 15.0. The van der Waals surface area contributed by atoms with E-state index in [1.54, 1.807) is 6.20 Å². The second-order valence-corrected chi connectivity index (χ2v) is 5.33. The molecule has 2 amide bonds. The lowest BCUT2D eigenvalue weighted by Gasteiger charge is -2.20. The third kappa shape index (κ3) is 3.78. The van der Waals surface area contributed by atoms with E-state index in [2.05, 4.69) is 15.6 Å². The van der Waals surface area contributed by atoms with E-state index in [9.17, 15) is 9.59 Å². The minimum absolute atomic E-state index is 0.00214. The lowest BCUT2D eigenvalue weighted by Crippen LogP contribution is -2.46. The summed E-state index contributed by atoms with van der Waals surface area (Å²) in [6, 6.07) is 8.99. The quantitative estimate of drug-likeness (QED) is 0.905. The monoisotopic (exact) mass is 285 g/mol. The van der Waals surface area contributed by atoms with Crippen LogP contribution in [-0.4, -0.2) is 22.8 Å². The molecular weight excluding hydrogens is 266 g/mol. The van der Waals surface area contributed by atoms with Gasteiger partial charge in [0.05, 0.1) is 17.4 Å². The molecule has 0 radical (unpaired) electrons. The van der Waals surface area contributed by atoms with Crippen molar-refractivity contribution in [2.45, 2.75) is 26.8 Å². The number of hydrogen-bond donors (Lipinski definition) is 2. The molecule has 5 nitrogen and oxygen atoms in total. The molecule has 1 heterocycles. The van der Waals surface area contributed by atoms with Crippen LogP contribution in [0, 0.1) is 5.92 Å². The predicted octanol–water partition coefficient (Wildman–Crippen LogP) is 2.33. The van der Waals surface area contributed by atoms with Gasteiger partial charge in [-0.1, -0.05) is 32.0 Å². The van der Waals surface area contributed by atoms with Crippen LogP contribution in [0.25, 0.3) is 10.9 Å². The Labute approximate surface area is 123 Å². The fraction of sp³-hybridized carbons (Fsp3) is 0.312. The average Bonchev–Trinajstić information content (AvgIpc) is 2.44. The van der Waals surface area contributed by atoms with Crippen LogP contribution in [0.3, 0.4) is 0 Å². The van der Waals surface area contributed by atoms with Gasteiger partial charge in [0.1, 0.15) is 6.04 Å². The summed E-state index contributed by atoms with van der Waals surface area (Å²) in [5, 5.41) is 6.42. The number of pyridine rings is 1. The van der Waals surface area contributed by atoms with Crippen LogP contribution in [0.15, 0.2) is 36.5 Å². The molecule has 0 bridgehead atoms. The number of fused-ring (bicyclic) bond motifs is 1. The molecule has 2 rings (SSSR count). The van der Waals surface area contributed by atoms with Gasteiger partial charge in [0, 0.05) is 12.3 Å². The summed E-state index contributed by atoms with van der Waals surface area (Å²) in [4.78, 5) is 27.8. The molecule has 110 valence electrons. The molecule has 1 aromatic carbocycles. The molecule has 2 N–H and O–H groups in total. The van der Waals surface area contributed by atoms with Crippen molar-refractivity contribution in [3.8, 4) is 0 Å². The molecule has 0 saturated carbocycles. The Morgan fingerprint density at radius 1 is 1.19 bits per heavy atom. The number of carbonyl (C=O) groups is 2. The minimum Gasteiger partial charge on any atom is -0.344 e. The highest BCUT2D eigenvalue weighted by Gasteiger charge is 2.23. The van der Waals surface area contributed by atoms with Gasteiger partial charge >= 0.3 is 0 Å². The molecule has 0 saturated heterocycles. The van der Waals surface area contributed by atoms with E-state index < -0.39 is 6.04 Å². The van der Waals surface area contributed by atoms with E-state index in [4.69, 9.17) is 0 Å². The maximum atomic E-state index is 12.3. The summed E-state index contributed by atoms with van der Waals surface area (Å²) in [5.74, 6) is -0.458. The molecular formula is C16H19N3O2. The van der Waals surface area contributed by atoms with Crippen LogP contribution in [0.5, 0.6) is 0 Å². The molecule has 0 fully saturated rings. The number of amides is 2. The third-order valence-electron chi connectivity index (χ3n) is 3.17. The first-order valence-electron chi connectivity index (χ1n) is 6.90. The summed E-state index contributed by atoms with van der Waals surface area (Å²) in [7, 11) is 0. The Morgan fingerprint density at radius 2 is 1.90 bits per heavy atom. The molecule has 2 aromatic rings. The standard InChI is InChI=1S/C16H19N3O2/c1-10(2)15(18-11(3)20)16(21)19-13-8-12-6-4-5-7-14(12)17-9-13/h4-10,15H,1-3H3,(H,18,20)(H,19,21). The van der Waals surface area contributed by atoms with Crippen molar-refractivity contribution < 1.29 is 9.59 Å². The zero-order valence-corrected chi connectivity index (χ0v) is 12.4. The van der Waals surface area contributed by atoms with E-state index in [-0.39, 0.29) is 17.7 Å². The zero-order valence-electron chi connectivity index (χ0n) is 12.4. The Hall–Kier alpha value is -2.43. The molecule has 1 unspecified atom stereocenters. The highest BCUT2D eigenvalue weighted by molar-refractivity contribution is 5.98. The van der Waals surface area contributed by atoms with Crippen LogP contribution >= 0.6 is 0 Å². The number of carbonyl (C=O) groups excluding carboxylic acids is 2. The van der Waals surface area contributed by atoms with Gasteiger partial charge in [0.25, 0.3) is 0 Å². The number of nitrogens with zero attached hydrogens (tertiary/aromatic N) is 1. The minimum atomic E-state index is -0.561. The van der Waals surface area contributed by atoms with Gasteiger partial charge in [-0.25, -0.2) is 0 Å². The maximum absolute atomic E-state index is 12.3. The molecule has 0 spiro atoms. The Bertz CT molecular complexity index is 667. The van der Waals surface area contributed by atoms with Gasteiger partial charge < -0.3 is 10.6 Å². The van der Waals surface area contributed by atoms with Crippen LogP contribution in [0.4, 0.5) is 5.69 Å². The molecule has 0 aliphatic heterocycles. The van der Waals surface area contributed by atoms with E-state index in [0.29, 0.717) is 5.69 Å². The molecule has 1 atom stereocenters. The second kappa shape index (κ2) is 6.35. The first-order chi connectivity index (χ1) is 9.97. The average molecular weight is 285 g/mol. The van der Waals surface area contributed by atoms with Crippen LogP contribution in [-0.2, 0) is 9.59 Å². The number of aromatic nitrogens is 1. The van der Waals surface area contributed by atoms with Crippen molar-refractivity contribution in [1.82, 2.24) is 10.3 Å². The third-order valence-corrected chi connectivity index (χ3v) is 3.17. The van der Waals surface area contributed by atoms with E-state index in [1.165, 1.54) is 6.92 Å². The van der Waals surface area contributed by atoms with Crippen molar-refractivity contribution in [3.63, 3.8) is 0 Å². The fourth-order valence-electron chi connectivity index (χ4n) is 2.11. The van der Waals surface area contributed by atoms with Crippen LogP contribution < -0.4 is 10.6 Å². The molecule has 21 heavy (non-hydrogen) atoms. The van der Waals surface area contributed by atoms with Gasteiger partial charge in [0.15, 0.2) is 0 Å². The molecule has 0 aliphatic carbocycles. The maximum Gasteiger partial charge on any atom is 0.247 e. The number of rotatable bonds is 4. The predicted molar refractivity (Wildman–Crippen MR) is 82.8 cm³/mol. The smallest absolute Gasteiger partial charge is 0.247 e. The van der Waals surface area contributed by atoms with E-state index >= 15 is 0 Å². The first-order valence-corrected chi connectivity index (χ1v) is 6.90. The highest BCUT2D eigenvalue weighted by Crippen LogP contribution is 2.16. The second-order valence-electron chi connectivity index (χ2n) is 5.33. The number of hydrogen-bond acceptors (Lipinski definition) is 3.